The van der Waals surface area contributed by atoms with Gasteiger partial charge in [-0.1, -0.05) is 35.3 Å². The number of hydrazone groups is 1. The van der Waals surface area contributed by atoms with E-state index in [1.54, 1.807) is 69.6 Å². The maximum Gasteiger partial charge on any atom is 0.330 e. The fourth-order valence-corrected chi connectivity index (χ4v) is 3.82. The number of imide groups is 1. The predicted molar refractivity (Wildman–Crippen MR) is 128 cm³/mol. The SMILES string of the molecule is COC(=O)C1(C)CN(CC(=O)N(C(=O)N(C)C)c2ccc(Cl)cc2)N=C1c1ccc(Cl)cc1. The third kappa shape index (κ3) is 5.12. The number of urea groups is 1. The van der Waals surface area contributed by atoms with Gasteiger partial charge >= 0.3 is 12.0 Å². The highest BCUT2D eigenvalue weighted by Crippen LogP contribution is 2.33. The van der Waals surface area contributed by atoms with Gasteiger partial charge in [0.15, 0.2) is 0 Å². The summed E-state index contributed by atoms with van der Waals surface area (Å²) in [5.41, 5.74) is 0.399. The summed E-state index contributed by atoms with van der Waals surface area (Å²) in [6.45, 7) is 1.58. The van der Waals surface area contributed by atoms with Gasteiger partial charge in [0.2, 0.25) is 0 Å². The van der Waals surface area contributed by atoms with Crippen molar-refractivity contribution in [3.63, 3.8) is 0 Å². The zero-order valence-corrected chi connectivity index (χ0v) is 20.2. The molecule has 0 radical (unpaired) electrons. The number of carbonyl (C=O) groups excluding carboxylic acids is 3. The predicted octanol–water partition coefficient (Wildman–Crippen LogP) is 3.91. The van der Waals surface area contributed by atoms with Crippen LogP contribution in [0.4, 0.5) is 10.5 Å². The Balaban J connectivity index is 1.93. The smallest absolute Gasteiger partial charge is 0.330 e. The van der Waals surface area contributed by atoms with Crippen molar-refractivity contribution in [1.29, 1.82) is 0 Å². The van der Waals surface area contributed by atoms with E-state index in [0.717, 1.165) is 4.90 Å². The summed E-state index contributed by atoms with van der Waals surface area (Å²) in [5, 5.41) is 7.05. The summed E-state index contributed by atoms with van der Waals surface area (Å²) in [4.78, 5) is 41.1. The number of ether oxygens (including phenoxy) is 1. The molecular formula is C23H24Cl2N4O4. The van der Waals surface area contributed by atoms with Crippen molar-refractivity contribution in [3.05, 3.63) is 64.1 Å². The van der Waals surface area contributed by atoms with E-state index < -0.39 is 23.3 Å². The molecule has 2 aromatic carbocycles. The van der Waals surface area contributed by atoms with E-state index in [0.29, 0.717) is 27.0 Å². The molecule has 0 saturated heterocycles. The van der Waals surface area contributed by atoms with Gasteiger partial charge in [-0.15, -0.1) is 0 Å². The quantitative estimate of drug-likeness (QED) is 0.593. The van der Waals surface area contributed by atoms with Gasteiger partial charge in [-0.3, -0.25) is 14.6 Å². The molecule has 1 aliphatic heterocycles. The van der Waals surface area contributed by atoms with Crippen LogP contribution < -0.4 is 4.90 Å². The molecule has 0 saturated carbocycles. The lowest BCUT2D eigenvalue weighted by molar-refractivity contribution is -0.148. The Morgan fingerprint density at radius 2 is 1.58 bits per heavy atom. The van der Waals surface area contributed by atoms with Gasteiger partial charge in [-0.05, 0) is 48.9 Å². The second-order valence-corrected chi connectivity index (χ2v) is 8.86. The average molecular weight is 491 g/mol. The molecule has 0 spiro atoms. The topological polar surface area (TPSA) is 82.5 Å². The van der Waals surface area contributed by atoms with Gasteiger partial charge in [0, 0.05) is 24.1 Å². The van der Waals surface area contributed by atoms with Gasteiger partial charge in [0.05, 0.1) is 25.1 Å². The molecule has 174 valence electrons. The first-order valence-electron chi connectivity index (χ1n) is 10.0. The number of anilines is 1. The molecule has 3 amide bonds. The van der Waals surface area contributed by atoms with E-state index >= 15 is 0 Å². The number of nitrogens with zero attached hydrogens (tertiary/aromatic N) is 4. The van der Waals surface area contributed by atoms with Crippen molar-refractivity contribution in [3.8, 4) is 0 Å². The van der Waals surface area contributed by atoms with Crippen molar-refractivity contribution in [1.82, 2.24) is 9.91 Å². The third-order valence-corrected chi connectivity index (χ3v) is 5.75. The van der Waals surface area contributed by atoms with Crippen LogP contribution >= 0.6 is 23.2 Å². The maximum absolute atomic E-state index is 13.3. The largest absolute Gasteiger partial charge is 0.468 e. The van der Waals surface area contributed by atoms with Crippen LogP contribution in [0.15, 0.2) is 53.6 Å². The highest BCUT2D eigenvalue weighted by atomic mass is 35.5. The van der Waals surface area contributed by atoms with Gasteiger partial charge < -0.3 is 9.64 Å². The third-order valence-electron chi connectivity index (χ3n) is 5.24. The van der Waals surface area contributed by atoms with Crippen LogP contribution in [-0.4, -0.2) is 67.8 Å². The maximum atomic E-state index is 13.3. The fraction of sp³-hybridized carbons (Fsp3) is 0.304. The molecule has 8 nitrogen and oxygen atoms in total. The Bertz CT molecular complexity index is 1090. The summed E-state index contributed by atoms with van der Waals surface area (Å²) in [7, 11) is 4.41. The molecule has 0 N–H and O–H groups in total. The summed E-state index contributed by atoms with van der Waals surface area (Å²) in [5.74, 6) is -0.991. The van der Waals surface area contributed by atoms with Crippen molar-refractivity contribution in [2.24, 2.45) is 10.5 Å². The van der Waals surface area contributed by atoms with Gasteiger partial charge in [-0.2, -0.15) is 5.10 Å². The molecule has 33 heavy (non-hydrogen) atoms. The summed E-state index contributed by atoms with van der Waals surface area (Å²) in [6.07, 6.45) is 0. The highest BCUT2D eigenvalue weighted by Gasteiger charge is 2.47. The molecule has 0 aromatic heterocycles. The standard InChI is InChI=1S/C23H24Cl2N4O4/c1-23(21(31)33-4)14-28(26-20(23)15-5-7-16(24)8-6-15)13-19(30)29(22(32)27(2)3)18-11-9-17(25)10-12-18/h5-12H,13-14H2,1-4H3. The minimum atomic E-state index is -1.11. The van der Waals surface area contributed by atoms with Gasteiger partial charge in [0.25, 0.3) is 5.91 Å². The van der Waals surface area contributed by atoms with Crippen molar-refractivity contribution in [2.45, 2.75) is 6.92 Å². The molecule has 0 bridgehead atoms. The normalized spacial score (nSPS) is 17.4. The first-order chi connectivity index (χ1) is 15.6. The van der Waals surface area contributed by atoms with Gasteiger partial charge in [-0.25, -0.2) is 9.69 Å². The zero-order chi connectivity index (χ0) is 24.3. The first kappa shape index (κ1) is 24.5. The lowest BCUT2D eigenvalue weighted by atomic mass is 9.82. The number of rotatable bonds is 5. The highest BCUT2D eigenvalue weighted by molar-refractivity contribution is 6.31. The number of amides is 3. The van der Waals surface area contributed by atoms with Crippen LogP contribution in [0, 0.1) is 5.41 Å². The summed E-state index contributed by atoms with van der Waals surface area (Å²) in [6, 6.07) is 12.8. The van der Waals surface area contributed by atoms with Crippen LogP contribution in [0.1, 0.15) is 12.5 Å². The number of halogens is 2. The zero-order valence-electron chi connectivity index (χ0n) is 18.7. The minimum Gasteiger partial charge on any atom is -0.468 e. The molecular weight excluding hydrogens is 467 g/mol. The van der Waals surface area contributed by atoms with E-state index in [9.17, 15) is 14.4 Å². The summed E-state index contributed by atoms with van der Waals surface area (Å²) >= 11 is 12.0. The van der Waals surface area contributed by atoms with E-state index in [-0.39, 0.29) is 13.1 Å². The van der Waals surface area contributed by atoms with E-state index in [1.807, 2.05) is 0 Å². The van der Waals surface area contributed by atoms with Crippen LogP contribution in [0.25, 0.3) is 0 Å². The number of carbonyl (C=O) groups is 3. The lowest BCUT2D eigenvalue weighted by Crippen LogP contribution is -2.48. The minimum absolute atomic E-state index is 0.105. The average Bonchev–Trinajstić information content (AvgIpc) is 3.12. The van der Waals surface area contributed by atoms with Crippen molar-refractivity contribution >= 4 is 52.5 Å². The Labute approximate surface area is 202 Å². The lowest BCUT2D eigenvalue weighted by Gasteiger charge is -2.27. The monoisotopic (exact) mass is 490 g/mol. The molecule has 2 aromatic rings. The molecule has 1 atom stereocenters. The molecule has 1 aliphatic rings. The van der Waals surface area contributed by atoms with E-state index in [4.69, 9.17) is 27.9 Å². The number of methoxy groups -OCH3 is 1. The van der Waals surface area contributed by atoms with Crippen molar-refractivity contribution < 1.29 is 19.1 Å². The van der Waals surface area contributed by atoms with Crippen LogP contribution in [0.5, 0.6) is 0 Å². The van der Waals surface area contributed by atoms with Crippen LogP contribution in [0.3, 0.4) is 0 Å². The molecule has 0 fully saturated rings. The Hall–Kier alpha value is -3.10. The van der Waals surface area contributed by atoms with E-state index in [2.05, 4.69) is 5.10 Å². The Kier molecular flexibility index (Phi) is 7.29. The Morgan fingerprint density at radius 3 is 2.09 bits per heavy atom. The second-order valence-electron chi connectivity index (χ2n) is 7.98. The number of benzene rings is 2. The number of esters is 1. The molecule has 0 aliphatic carbocycles. The second kappa shape index (κ2) is 9.80. The summed E-state index contributed by atoms with van der Waals surface area (Å²) < 4.78 is 5.02. The van der Waals surface area contributed by atoms with E-state index in [1.165, 1.54) is 17.0 Å². The van der Waals surface area contributed by atoms with Crippen LogP contribution in [0.2, 0.25) is 10.0 Å². The first-order valence-corrected chi connectivity index (χ1v) is 10.8. The number of hydrogen-bond donors (Lipinski definition) is 0. The molecule has 1 heterocycles. The molecule has 1 unspecified atom stereocenters. The molecule has 10 heteroatoms. The number of hydrogen-bond acceptors (Lipinski definition) is 6. The van der Waals surface area contributed by atoms with Crippen LogP contribution in [-0.2, 0) is 14.3 Å². The van der Waals surface area contributed by atoms with Crippen molar-refractivity contribution in [2.75, 3.05) is 39.2 Å². The Morgan fingerprint density at radius 1 is 1.03 bits per heavy atom. The molecule has 3 rings (SSSR count). The van der Waals surface area contributed by atoms with Gasteiger partial charge in [0.1, 0.15) is 12.0 Å². The fourth-order valence-electron chi connectivity index (χ4n) is 3.57.